The van der Waals surface area contributed by atoms with Crippen molar-refractivity contribution in [3.05, 3.63) is 36.3 Å². The summed E-state index contributed by atoms with van der Waals surface area (Å²) in [4.78, 5) is 22.2. The number of carbonyl (C=O) groups is 2. The first-order valence-electron chi connectivity index (χ1n) is 4.45. The summed E-state index contributed by atoms with van der Waals surface area (Å²) in [6, 6.07) is 1.51. The predicted molar refractivity (Wildman–Crippen MR) is 55.3 cm³/mol. The zero-order chi connectivity index (χ0) is 11.3. The Hall–Kier alpha value is -2.04. The van der Waals surface area contributed by atoms with E-state index in [1.165, 1.54) is 16.9 Å². The van der Waals surface area contributed by atoms with Crippen LogP contribution in [0.3, 0.4) is 0 Å². The maximum atomic E-state index is 11.4. The molecule has 0 saturated heterocycles. The van der Waals surface area contributed by atoms with Crippen molar-refractivity contribution in [3.8, 4) is 0 Å². The lowest BCUT2D eigenvalue weighted by Crippen LogP contribution is -2.13. The topological polar surface area (TPSA) is 60.3 Å². The van der Waals surface area contributed by atoms with Gasteiger partial charge in [-0.3, -0.25) is 9.47 Å². The van der Waals surface area contributed by atoms with E-state index in [1.54, 1.807) is 13.1 Å². The van der Waals surface area contributed by atoms with Crippen LogP contribution in [0, 0.1) is 0 Å². The van der Waals surface area contributed by atoms with Gasteiger partial charge in [-0.1, -0.05) is 6.58 Å². The van der Waals surface area contributed by atoms with Gasteiger partial charge in [0.25, 0.3) is 0 Å². The van der Waals surface area contributed by atoms with Gasteiger partial charge in [0, 0.05) is 12.4 Å². The maximum Gasteiger partial charge on any atom is 0.340 e. The van der Waals surface area contributed by atoms with E-state index in [2.05, 4.69) is 12.0 Å². The normalized spacial score (nSPS) is 9.40. The highest BCUT2D eigenvalue weighted by Gasteiger charge is 2.15. The zero-order valence-electron chi connectivity index (χ0n) is 8.40. The molecule has 80 valence electrons. The second kappa shape index (κ2) is 4.99. The van der Waals surface area contributed by atoms with Gasteiger partial charge in [0.2, 0.25) is 0 Å². The summed E-state index contributed by atoms with van der Waals surface area (Å²) in [5, 5.41) is 0. The second-order valence-electron chi connectivity index (χ2n) is 2.66. The Bertz CT molecular complexity index is 382. The first-order chi connectivity index (χ1) is 7.24. The van der Waals surface area contributed by atoms with Crippen molar-refractivity contribution in [2.24, 2.45) is 0 Å². The molecule has 5 nitrogen and oxygen atoms in total. The summed E-state index contributed by atoms with van der Waals surface area (Å²) >= 11 is 0. The Kier molecular flexibility index (Phi) is 3.68. The smallest absolute Gasteiger partial charge is 0.340 e. The number of carbonyl (C=O) groups excluding carboxylic acids is 2. The molecule has 0 radical (unpaired) electrons. The van der Waals surface area contributed by atoms with Crippen molar-refractivity contribution >= 4 is 12.3 Å². The van der Waals surface area contributed by atoms with Gasteiger partial charge in [0.1, 0.15) is 5.69 Å². The lowest BCUT2D eigenvalue weighted by molar-refractivity contribution is 0.0524. The summed E-state index contributed by atoms with van der Waals surface area (Å²) < 4.78 is 6.19. The van der Waals surface area contributed by atoms with Crippen molar-refractivity contribution in [2.75, 3.05) is 12.0 Å². The van der Waals surface area contributed by atoms with E-state index >= 15 is 0 Å². The van der Waals surface area contributed by atoms with E-state index in [0.717, 1.165) is 0 Å². The van der Waals surface area contributed by atoms with Gasteiger partial charge >= 0.3 is 5.97 Å². The van der Waals surface area contributed by atoms with Gasteiger partial charge in [-0.15, -0.1) is 0 Å². The molecule has 1 N–H and O–H groups in total. The van der Waals surface area contributed by atoms with Crippen LogP contribution < -0.4 is 5.43 Å². The highest BCUT2D eigenvalue weighted by Crippen LogP contribution is 2.09. The molecule has 0 aliphatic carbocycles. The molecule has 0 aromatic carbocycles. The third-order valence-electron chi connectivity index (χ3n) is 1.76. The molecule has 0 bridgehead atoms. The van der Waals surface area contributed by atoms with E-state index in [-0.39, 0.29) is 17.9 Å². The Morgan fingerprint density at radius 3 is 3.00 bits per heavy atom. The minimum absolute atomic E-state index is 0.216. The Balaban J connectivity index is 3.02. The summed E-state index contributed by atoms with van der Waals surface area (Å²) in [6.07, 6.45) is 3.54. The summed E-state index contributed by atoms with van der Waals surface area (Å²) in [7, 11) is 0. The largest absolute Gasteiger partial charge is 0.462 e. The lowest BCUT2D eigenvalue weighted by Gasteiger charge is -2.04. The number of ether oxygens (including phenoxy) is 1. The molecule has 5 heteroatoms. The monoisotopic (exact) mass is 208 g/mol. The fraction of sp³-hybridized carbons (Fsp3) is 0.200. The first kappa shape index (κ1) is 11.0. The lowest BCUT2D eigenvalue weighted by atomic mass is 10.2. The average molecular weight is 208 g/mol. The molecular formula is C10H12N2O3. The van der Waals surface area contributed by atoms with Crippen LogP contribution in [0.2, 0.25) is 0 Å². The van der Waals surface area contributed by atoms with Gasteiger partial charge in [0.15, 0.2) is 6.29 Å². The van der Waals surface area contributed by atoms with Crippen molar-refractivity contribution in [1.29, 1.82) is 0 Å². The number of nitrogens with one attached hydrogen (secondary N) is 1. The number of hydrogen-bond acceptors (Lipinski definition) is 4. The third kappa shape index (κ3) is 2.25. The molecule has 0 amide bonds. The molecular weight excluding hydrogens is 196 g/mol. The quantitative estimate of drug-likeness (QED) is 0.582. The van der Waals surface area contributed by atoms with Crippen LogP contribution in [0.25, 0.3) is 0 Å². The standard InChI is InChI=1S/C10H12N2O3/c1-3-11-12-6-5-8(9(12)7-13)10(14)15-4-2/h3,5-7,11H,1,4H2,2H3. The zero-order valence-corrected chi connectivity index (χ0v) is 8.40. The Morgan fingerprint density at radius 2 is 2.47 bits per heavy atom. The van der Waals surface area contributed by atoms with Crippen molar-refractivity contribution < 1.29 is 14.3 Å². The molecule has 15 heavy (non-hydrogen) atoms. The second-order valence-corrected chi connectivity index (χ2v) is 2.66. The minimum Gasteiger partial charge on any atom is -0.462 e. The molecule has 0 unspecified atom stereocenters. The predicted octanol–water partition coefficient (Wildman–Crippen LogP) is 1.16. The third-order valence-corrected chi connectivity index (χ3v) is 1.76. The van der Waals surface area contributed by atoms with Crippen LogP contribution in [0.4, 0.5) is 0 Å². The van der Waals surface area contributed by atoms with Crippen LogP contribution in [0.15, 0.2) is 25.0 Å². The van der Waals surface area contributed by atoms with Crippen molar-refractivity contribution in [3.63, 3.8) is 0 Å². The number of esters is 1. The summed E-state index contributed by atoms with van der Waals surface area (Å²) in [5.41, 5.74) is 3.14. The van der Waals surface area contributed by atoms with E-state index < -0.39 is 5.97 Å². The molecule has 1 heterocycles. The molecule has 0 aliphatic rings. The number of aromatic nitrogens is 1. The fourth-order valence-electron chi connectivity index (χ4n) is 1.16. The summed E-state index contributed by atoms with van der Waals surface area (Å²) in [5.74, 6) is -0.510. The highest BCUT2D eigenvalue weighted by atomic mass is 16.5. The minimum atomic E-state index is -0.510. The van der Waals surface area contributed by atoms with Crippen LogP contribution in [0.5, 0.6) is 0 Å². The van der Waals surface area contributed by atoms with Gasteiger partial charge in [0.05, 0.1) is 12.2 Å². The molecule has 0 saturated carbocycles. The van der Waals surface area contributed by atoms with Gasteiger partial charge < -0.3 is 10.2 Å². The first-order valence-corrected chi connectivity index (χ1v) is 4.45. The van der Waals surface area contributed by atoms with Crippen molar-refractivity contribution in [1.82, 2.24) is 4.68 Å². The van der Waals surface area contributed by atoms with Crippen LogP contribution in [-0.4, -0.2) is 23.5 Å². The Morgan fingerprint density at radius 1 is 1.73 bits per heavy atom. The van der Waals surface area contributed by atoms with Crippen LogP contribution >= 0.6 is 0 Å². The van der Waals surface area contributed by atoms with Gasteiger partial charge in [-0.2, -0.15) is 0 Å². The molecule has 0 atom stereocenters. The average Bonchev–Trinajstić information content (AvgIpc) is 2.62. The molecule has 1 rings (SSSR count). The van der Waals surface area contributed by atoms with E-state index in [4.69, 9.17) is 4.74 Å². The number of nitrogens with zero attached hydrogens (tertiary/aromatic N) is 1. The molecule has 1 aromatic heterocycles. The van der Waals surface area contributed by atoms with Crippen molar-refractivity contribution in [2.45, 2.75) is 6.92 Å². The number of rotatable bonds is 5. The summed E-state index contributed by atoms with van der Waals surface area (Å²) in [6.45, 7) is 5.44. The SMILES string of the molecule is C=CNn1ccc(C(=O)OCC)c1C=O. The van der Waals surface area contributed by atoms with Crippen LogP contribution in [0.1, 0.15) is 27.8 Å². The number of hydrogen-bond donors (Lipinski definition) is 1. The molecule has 0 aliphatic heterocycles. The van der Waals surface area contributed by atoms with E-state index in [0.29, 0.717) is 6.29 Å². The maximum absolute atomic E-state index is 11.4. The van der Waals surface area contributed by atoms with E-state index in [9.17, 15) is 9.59 Å². The molecule has 1 aromatic rings. The number of aldehydes is 1. The molecule has 0 fully saturated rings. The Labute approximate surface area is 87.3 Å². The van der Waals surface area contributed by atoms with Gasteiger partial charge in [-0.25, -0.2) is 4.79 Å². The highest BCUT2D eigenvalue weighted by molar-refractivity contribution is 5.97. The van der Waals surface area contributed by atoms with E-state index in [1.807, 2.05) is 0 Å². The fourth-order valence-corrected chi connectivity index (χ4v) is 1.16. The van der Waals surface area contributed by atoms with Gasteiger partial charge in [-0.05, 0) is 13.0 Å². The molecule has 0 spiro atoms. The van der Waals surface area contributed by atoms with Crippen LogP contribution in [-0.2, 0) is 4.74 Å².